The summed E-state index contributed by atoms with van der Waals surface area (Å²) in [6, 6.07) is 26.5. The van der Waals surface area contributed by atoms with Crippen LogP contribution in [0, 0.1) is 0 Å². The first-order valence-corrected chi connectivity index (χ1v) is 15.2. The van der Waals surface area contributed by atoms with E-state index in [1.54, 1.807) is 24.5 Å². The summed E-state index contributed by atoms with van der Waals surface area (Å²) in [7, 11) is 1.78. The van der Waals surface area contributed by atoms with Crippen molar-refractivity contribution in [3.63, 3.8) is 0 Å². The van der Waals surface area contributed by atoms with Crippen molar-refractivity contribution in [2.24, 2.45) is 0 Å². The molecule has 0 bridgehead atoms. The molecule has 226 valence electrons. The molecule has 5 aromatic rings. The molecule has 1 aliphatic rings. The average molecular weight is 591 g/mol. The number of likely N-dealkylation sites (N-methyl/N-ethyl adjacent to an activating group) is 1. The molecular weight excluding hydrogens is 552 g/mol. The number of ether oxygens (including phenoxy) is 1. The van der Waals surface area contributed by atoms with Crippen LogP contribution in [-0.2, 0) is 17.7 Å². The third-order valence-corrected chi connectivity index (χ3v) is 7.99. The molecule has 0 saturated carbocycles. The smallest absolute Gasteiger partial charge is 0.317 e. The number of aromatic nitrogens is 5. The summed E-state index contributed by atoms with van der Waals surface area (Å²) in [4.78, 5) is 33.4. The lowest BCUT2D eigenvalue weighted by atomic mass is 9.91. The molecule has 4 heterocycles. The minimum atomic E-state index is -0.198. The van der Waals surface area contributed by atoms with Gasteiger partial charge >= 0.3 is 6.03 Å². The van der Waals surface area contributed by atoms with Crippen molar-refractivity contribution in [3.8, 4) is 0 Å². The largest absolute Gasteiger partial charge is 0.367 e. The topological polar surface area (TPSA) is 110 Å². The number of amides is 2. The number of nitrogens with zero attached hydrogens (tertiary/aromatic N) is 6. The molecule has 2 amide bonds. The lowest BCUT2D eigenvalue weighted by molar-refractivity contribution is -0.0298. The fourth-order valence-corrected chi connectivity index (χ4v) is 5.53. The van der Waals surface area contributed by atoms with Crippen molar-refractivity contribution in [1.29, 1.82) is 0 Å². The minimum Gasteiger partial charge on any atom is -0.367 e. The van der Waals surface area contributed by atoms with Gasteiger partial charge in [0.1, 0.15) is 6.23 Å². The van der Waals surface area contributed by atoms with Gasteiger partial charge in [-0.2, -0.15) is 0 Å². The number of benzene rings is 2. The number of fused-ring (bicyclic) bond motifs is 1. The van der Waals surface area contributed by atoms with E-state index in [4.69, 9.17) is 19.7 Å². The van der Waals surface area contributed by atoms with E-state index in [0.29, 0.717) is 48.9 Å². The van der Waals surface area contributed by atoms with Crippen LogP contribution in [0.1, 0.15) is 54.1 Å². The number of carbonyl (C=O) groups is 1. The van der Waals surface area contributed by atoms with E-state index < -0.39 is 0 Å². The molecule has 2 aromatic carbocycles. The van der Waals surface area contributed by atoms with E-state index in [9.17, 15) is 4.79 Å². The Labute approximate surface area is 257 Å². The molecule has 1 fully saturated rings. The van der Waals surface area contributed by atoms with Crippen LogP contribution in [0.25, 0.3) is 11.2 Å². The van der Waals surface area contributed by atoms with Crippen molar-refractivity contribution in [2.45, 2.75) is 44.4 Å². The number of pyridine rings is 1. The normalized spacial score (nSPS) is 14.9. The summed E-state index contributed by atoms with van der Waals surface area (Å²) in [5.74, 6) is 1.23. The molecule has 44 heavy (non-hydrogen) atoms. The molecule has 0 radical (unpaired) electrons. The molecule has 1 saturated heterocycles. The van der Waals surface area contributed by atoms with Crippen LogP contribution in [0.2, 0.25) is 0 Å². The van der Waals surface area contributed by atoms with Gasteiger partial charge in [0.25, 0.3) is 0 Å². The van der Waals surface area contributed by atoms with Gasteiger partial charge in [-0.1, -0.05) is 66.7 Å². The number of anilines is 1. The van der Waals surface area contributed by atoms with E-state index in [1.165, 1.54) is 11.1 Å². The standard InChI is InChI=1S/C34H38N8O2/c1-41(20-18-27-16-8-10-19-35-27)34(43)37-23-29-39-32(31-33(40-29)42(24-38-31)30-17-9-11-21-44-30)36-22-28(25-12-4-2-5-13-25)26-14-6-3-7-15-26/h2-8,10,12-16,19,24,28,30H,9,11,17-18,20-23H2,1H3,(H,37,43)(H,36,39,40). The van der Waals surface area contributed by atoms with Crippen molar-refractivity contribution in [1.82, 2.24) is 34.7 Å². The second-order valence-electron chi connectivity index (χ2n) is 11.0. The first kappa shape index (κ1) is 29.3. The Bertz CT molecular complexity index is 1600. The van der Waals surface area contributed by atoms with E-state index >= 15 is 0 Å². The van der Waals surface area contributed by atoms with E-state index in [-0.39, 0.29) is 24.7 Å². The van der Waals surface area contributed by atoms with E-state index in [1.807, 2.05) is 34.9 Å². The second-order valence-corrected chi connectivity index (χ2v) is 11.0. The number of urea groups is 1. The van der Waals surface area contributed by atoms with Gasteiger partial charge in [-0.25, -0.2) is 19.7 Å². The summed E-state index contributed by atoms with van der Waals surface area (Å²) in [5.41, 5.74) is 4.73. The van der Waals surface area contributed by atoms with Gasteiger partial charge in [-0.05, 0) is 42.5 Å². The van der Waals surface area contributed by atoms with Crippen LogP contribution in [0.4, 0.5) is 10.6 Å². The number of hydrogen-bond acceptors (Lipinski definition) is 7. The highest BCUT2D eigenvalue weighted by molar-refractivity contribution is 5.83. The van der Waals surface area contributed by atoms with Crippen molar-refractivity contribution < 1.29 is 9.53 Å². The fraction of sp³-hybridized carbons (Fsp3) is 0.324. The first-order valence-electron chi connectivity index (χ1n) is 15.2. The highest BCUT2D eigenvalue weighted by Gasteiger charge is 2.23. The third kappa shape index (κ3) is 7.03. The third-order valence-electron chi connectivity index (χ3n) is 7.99. The van der Waals surface area contributed by atoms with Crippen LogP contribution in [0.5, 0.6) is 0 Å². The molecule has 2 N–H and O–H groups in total. The molecule has 1 unspecified atom stereocenters. The highest BCUT2D eigenvalue weighted by atomic mass is 16.5. The second kappa shape index (κ2) is 14.1. The summed E-state index contributed by atoms with van der Waals surface area (Å²) in [6.07, 6.45) is 7.14. The molecule has 3 aromatic heterocycles. The lowest BCUT2D eigenvalue weighted by Gasteiger charge is -2.24. The Hall–Kier alpha value is -4.83. The van der Waals surface area contributed by atoms with Gasteiger partial charge in [0.05, 0.1) is 12.9 Å². The SMILES string of the molecule is CN(CCc1ccccn1)C(=O)NCc1nc(NCC(c2ccccc2)c2ccccc2)c2ncn(C3CCCCO3)c2n1. The van der Waals surface area contributed by atoms with Crippen LogP contribution in [0.3, 0.4) is 0 Å². The molecule has 10 heteroatoms. The van der Waals surface area contributed by atoms with E-state index in [0.717, 1.165) is 25.0 Å². The summed E-state index contributed by atoms with van der Waals surface area (Å²) in [6.45, 7) is 2.04. The maximum Gasteiger partial charge on any atom is 0.317 e. The molecule has 0 spiro atoms. The Morgan fingerprint density at radius 1 is 0.977 bits per heavy atom. The van der Waals surface area contributed by atoms with Gasteiger partial charge in [0.2, 0.25) is 0 Å². The Morgan fingerprint density at radius 3 is 2.41 bits per heavy atom. The number of nitrogens with one attached hydrogen (secondary N) is 2. The molecule has 10 nitrogen and oxygen atoms in total. The zero-order valence-corrected chi connectivity index (χ0v) is 25.0. The fourth-order valence-electron chi connectivity index (χ4n) is 5.53. The van der Waals surface area contributed by atoms with Crippen LogP contribution >= 0.6 is 0 Å². The van der Waals surface area contributed by atoms with Gasteiger partial charge in [0.15, 0.2) is 22.8 Å². The average Bonchev–Trinajstić information content (AvgIpc) is 3.52. The quantitative estimate of drug-likeness (QED) is 0.208. The van der Waals surface area contributed by atoms with Crippen LogP contribution in [-0.4, -0.2) is 62.2 Å². The Kier molecular flexibility index (Phi) is 9.37. The van der Waals surface area contributed by atoms with Gasteiger partial charge < -0.3 is 20.3 Å². The maximum atomic E-state index is 13.0. The highest BCUT2D eigenvalue weighted by Crippen LogP contribution is 2.30. The van der Waals surface area contributed by atoms with Gasteiger partial charge in [-0.3, -0.25) is 9.55 Å². The van der Waals surface area contributed by atoms with Gasteiger partial charge in [0, 0.05) is 51.0 Å². The zero-order valence-electron chi connectivity index (χ0n) is 25.0. The first-order chi connectivity index (χ1) is 21.7. The molecule has 6 rings (SSSR count). The van der Waals surface area contributed by atoms with Crippen LogP contribution in [0.15, 0.2) is 91.4 Å². The maximum absolute atomic E-state index is 13.0. The van der Waals surface area contributed by atoms with Crippen molar-refractivity contribution >= 4 is 23.0 Å². The lowest BCUT2D eigenvalue weighted by Crippen LogP contribution is -2.38. The number of carbonyl (C=O) groups excluding carboxylic acids is 1. The van der Waals surface area contributed by atoms with E-state index in [2.05, 4.69) is 64.1 Å². The minimum absolute atomic E-state index is 0.0992. The summed E-state index contributed by atoms with van der Waals surface area (Å²) < 4.78 is 8.08. The molecule has 1 atom stereocenters. The molecule has 1 aliphatic heterocycles. The monoisotopic (exact) mass is 590 g/mol. The zero-order chi connectivity index (χ0) is 30.1. The Balaban J connectivity index is 1.23. The van der Waals surface area contributed by atoms with Gasteiger partial charge in [-0.15, -0.1) is 0 Å². The Morgan fingerprint density at radius 2 is 1.73 bits per heavy atom. The number of rotatable bonds is 11. The molecule has 0 aliphatic carbocycles. The number of imidazole rings is 1. The summed E-state index contributed by atoms with van der Waals surface area (Å²) in [5, 5.41) is 6.58. The number of hydrogen-bond donors (Lipinski definition) is 2. The molecular formula is C34H38N8O2. The summed E-state index contributed by atoms with van der Waals surface area (Å²) >= 11 is 0. The predicted molar refractivity (Wildman–Crippen MR) is 170 cm³/mol. The predicted octanol–water partition coefficient (Wildman–Crippen LogP) is 5.55. The van der Waals surface area contributed by atoms with Crippen LogP contribution < -0.4 is 10.6 Å². The van der Waals surface area contributed by atoms with Crippen molar-refractivity contribution in [2.75, 3.05) is 32.1 Å². The van der Waals surface area contributed by atoms with Crippen molar-refractivity contribution in [3.05, 3.63) is 114 Å².